The van der Waals surface area contributed by atoms with Crippen LogP contribution < -0.4 is 0 Å². The van der Waals surface area contributed by atoms with E-state index in [4.69, 9.17) is 5.11 Å². The summed E-state index contributed by atoms with van der Waals surface area (Å²) < 4.78 is 1.78. The Hall–Kier alpha value is -2.69. The zero-order valence-corrected chi connectivity index (χ0v) is 10.2. The molecule has 0 saturated carbocycles. The van der Waals surface area contributed by atoms with Crippen LogP contribution in [0.15, 0.2) is 42.6 Å². The molecule has 0 aliphatic rings. The van der Waals surface area contributed by atoms with Gasteiger partial charge in [-0.1, -0.05) is 23.8 Å². The van der Waals surface area contributed by atoms with Gasteiger partial charge in [0.2, 0.25) is 0 Å². The van der Waals surface area contributed by atoms with Crippen molar-refractivity contribution in [3.63, 3.8) is 0 Å². The lowest BCUT2D eigenvalue weighted by molar-refractivity contribution is 0.0697. The smallest absolute Gasteiger partial charge is 0.335 e. The third-order valence-electron chi connectivity index (χ3n) is 2.93. The molecule has 3 aromatic rings. The van der Waals surface area contributed by atoms with Gasteiger partial charge in [0, 0.05) is 11.8 Å². The molecule has 0 spiro atoms. The molecule has 2 aromatic heterocycles. The number of aryl methyl sites for hydroxylation is 1. The number of hydrogen-bond acceptors (Lipinski definition) is 3. The van der Waals surface area contributed by atoms with Crippen molar-refractivity contribution in [2.45, 2.75) is 6.92 Å². The molecule has 0 unspecified atom stereocenters. The topological polar surface area (TPSA) is 67.5 Å². The Balaban J connectivity index is 2.18. The molecule has 2 heterocycles. The summed E-state index contributed by atoms with van der Waals surface area (Å²) in [6, 6.07) is 11.0. The van der Waals surface area contributed by atoms with Gasteiger partial charge in [-0.05, 0) is 25.1 Å². The van der Waals surface area contributed by atoms with E-state index in [0.29, 0.717) is 11.5 Å². The van der Waals surface area contributed by atoms with E-state index < -0.39 is 5.97 Å². The van der Waals surface area contributed by atoms with Gasteiger partial charge < -0.3 is 5.11 Å². The van der Waals surface area contributed by atoms with Gasteiger partial charge in [-0.2, -0.15) is 0 Å². The fraction of sp³-hybridized carbons (Fsp3) is 0.0714. The second-order valence-corrected chi connectivity index (χ2v) is 4.34. The zero-order chi connectivity index (χ0) is 13.4. The summed E-state index contributed by atoms with van der Waals surface area (Å²) in [4.78, 5) is 10.9. The number of carboxylic acid groups (broad SMARTS) is 1. The fourth-order valence-electron chi connectivity index (χ4n) is 2.00. The maximum Gasteiger partial charge on any atom is 0.335 e. The highest BCUT2D eigenvalue weighted by Crippen LogP contribution is 2.19. The lowest BCUT2D eigenvalue weighted by Crippen LogP contribution is -1.98. The van der Waals surface area contributed by atoms with Crippen LogP contribution in [0.1, 0.15) is 15.9 Å². The summed E-state index contributed by atoms with van der Waals surface area (Å²) in [5, 5.41) is 17.1. The number of nitrogens with zero attached hydrogens (tertiary/aromatic N) is 3. The quantitative estimate of drug-likeness (QED) is 0.761. The first kappa shape index (κ1) is 11.4. The predicted molar refractivity (Wildman–Crippen MR) is 70.1 cm³/mol. The minimum atomic E-state index is -0.970. The second kappa shape index (κ2) is 4.20. The number of pyridine rings is 1. The van der Waals surface area contributed by atoms with Gasteiger partial charge in [-0.25, -0.2) is 4.79 Å². The summed E-state index contributed by atoms with van der Waals surface area (Å²) in [6.45, 7) is 2.01. The van der Waals surface area contributed by atoms with E-state index in [-0.39, 0.29) is 5.56 Å². The molecule has 0 radical (unpaired) electrons. The van der Waals surface area contributed by atoms with Crippen molar-refractivity contribution in [2.75, 3.05) is 0 Å². The first-order valence-electron chi connectivity index (χ1n) is 5.80. The van der Waals surface area contributed by atoms with E-state index in [9.17, 15) is 4.79 Å². The van der Waals surface area contributed by atoms with Crippen LogP contribution in [0.2, 0.25) is 0 Å². The van der Waals surface area contributed by atoms with Crippen LogP contribution in [0.4, 0.5) is 0 Å². The average molecular weight is 253 g/mol. The van der Waals surface area contributed by atoms with Crippen molar-refractivity contribution in [1.82, 2.24) is 14.6 Å². The van der Waals surface area contributed by atoms with Crippen molar-refractivity contribution in [2.24, 2.45) is 0 Å². The molecule has 19 heavy (non-hydrogen) atoms. The summed E-state index contributed by atoms with van der Waals surface area (Å²) in [7, 11) is 0. The number of benzene rings is 1. The van der Waals surface area contributed by atoms with Crippen molar-refractivity contribution in [1.29, 1.82) is 0 Å². The average Bonchev–Trinajstić information content (AvgIpc) is 2.81. The highest BCUT2D eigenvalue weighted by Gasteiger charge is 2.10. The zero-order valence-electron chi connectivity index (χ0n) is 10.2. The van der Waals surface area contributed by atoms with Gasteiger partial charge in [0.05, 0.1) is 5.56 Å². The van der Waals surface area contributed by atoms with Crippen molar-refractivity contribution < 1.29 is 9.90 Å². The normalized spacial score (nSPS) is 10.8. The molecule has 5 nitrogen and oxygen atoms in total. The van der Waals surface area contributed by atoms with E-state index >= 15 is 0 Å². The van der Waals surface area contributed by atoms with Crippen LogP contribution >= 0.6 is 0 Å². The molecule has 0 atom stereocenters. The fourth-order valence-corrected chi connectivity index (χ4v) is 2.00. The van der Waals surface area contributed by atoms with Crippen LogP contribution in [-0.4, -0.2) is 25.7 Å². The number of hydrogen-bond donors (Lipinski definition) is 1. The molecule has 0 fully saturated rings. The Bertz CT molecular complexity index is 777. The van der Waals surface area contributed by atoms with Crippen molar-refractivity contribution >= 4 is 11.6 Å². The van der Waals surface area contributed by atoms with E-state index in [1.54, 1.807) is 10.6 Å². The van der Waals surface area contributed by atoms with Crippen LogP contribution in [0.3, 0.4) is 0 Å². The Kier molecular flexibility index (Phi) is 2.52. The third-order valence-corrected chi connectivity index (χ3v) is 2.93. The molecule has 1 aromatic carbocycles. The van der Waals surface area contributed by atoms with Crippen LogP contribution in [-0.2, 0) is 0 Å². The molecule has 1 N–H and O–H groups in total. The lowest BCUT2D eigenvalue weighted by Gasteiger charge is -2.01. The van der Waals surface area contributed by atoms with Crippen LogP contribution in [0.5, 0.6) is 0 Å². The van der Waals surface area contributed by atoms with E-state index in [0.717, 1.165) is 11.1 Å². The number of rotatable bonds is 2. The minimum Gasteiger partial charge on any atom is -0.478 e. The second-order valence-electron chi connectivity index (χ2n) is 4.34. The summed E-state index contributed by atoms with van der Waals surface area (Å²) in [5.41, 5.74) is 2.82. The molecule has 0 aliphatic carbocycles. The number of aromatic carboxylic acids is 1. The number of fused-ring (bicyclic) bond motifs is 1. The Morgan fingerprint density at radius 2 is 2.05 bits per heavy atom. The van der Waals surface area contributed by atoms with Crippen molar-refractivity contribution in [3.05, 3.63) is 53.7 Å². The Morgan fingerprint density at radius 3 is 2.79 bits per heavy atom. The maximum atomic E-state index is 10.9. The SMILES string of the molecule is Cc1cccc(-c2nnc3cc(C(=O)O)ccn23)c1. The standard InChI is InChI=1S/C14H11N3O2/c1-9-3-2-4-10(7-9)13-16-15-12-8-11(14(18)19)5-6-17(12)13/h2-8H,1H3,(H,18,19). The molecule has 0 aliphatic heterocycles. The molecule has 0 amide bonds. The number of carbonyl (C=O) groups is 1. The van der Waals surface area contributed by atoms with E-state index in [2.05, 4.69) is 10.2 Å². The summed E-state index contributed by atoms with van der Waals surface area (Å²) >= 11 is 0. The van der Waals surface area contributed by atoms with E-state index in [1.165, 1.54) is 12.1 Å². The maximum absolute atomic E-state index is 10.9. The molecule has 0 saturated heterocycles. The van der Waals surface area contributed by atoms with Crippen molar-refractivity contribution in [3.8, 4) is 11.4 Å². The Labute approximate surface area is 109 Å². The first-order valence-corrected chi connectivity index (χ1v) is 5.80. The molecule has 5 heteroatoms. The number of aromatic nitrogens is 3. The first-order chi connectivity index (χ1) is 9.15. The van der Waals surface area contributed by atoms with Gasteiger partial charge in [0.1, 0.15) is 0 Å². The minimum absolute atomic E-state index is 0.204. The van der Waals surface area contributed by atoms with Gasteiger partial charge in [-0.3, -0.25) is 4.40 Å². The van der Waals surface area contributed by atoms with Gasteiger partial charge >= 0.3 is 5.97 Å². The summed E-state index contributed by atoms with van der Waals surface area (Å²) in [5.74, 6) is -0.266. The molecular weight excluding hydrogens is 242 g/mol. The molecule has 0 bridgehead atoms. The molecule has 3 rings (SSSR count). The third kappa shape index (κ3) is 1.95. The van der Waals surface area contributed by atoms with Gasteiger partial charge in [0.25, 0.3) is 0 Å². The van der Waals surface area contributed by atoms with Crippen LogP contribution in [0, 0.1) is 6.92 Å². The lowest BCUT2D eigenvalue weighted by atomic mass is 10.1. The van der Waals surface area contributed by atoms with E-state index in [1.807, 2.05) is 31.2 Å². The van der Waals surface area contributed by atoms with Crippen LogP contribution in [0.25, 0.3) is 17.0 Å². The Morgan fingerprint density at radius 1 is 1.21 bits per heavy atom. The van der Waals surface area contributed by atoms with Gasteiger partial charge in [0.15, 0.2) is 11.5 Å². The summed E-state index contributed by atoms with van der Waals surface area (Å²) in [6.07, 6.45) is 1.68. The molecule has 94 valence electrons. The highest BCUT2D eigenvalue weighted by atomic mass is 16.4. The number of carboxylic acids is 1. The predicted octanol–water partition coefficient (Wildman–Crippen LogP) is 2.40. The van der Waals surface area contributed by atoms with Gasteiger partial charge in [-0.15, -0.1) is 10.2 Å². The monoisotopic (exact) mass is 253 g/mol. The highest BCUT2D eigenvalue weighted by molar-refractivity contribution is 5.88. The largest absolute Gasteiger partial charge is 0.478 e. The molecular formula is C14H11N3O2.